The summed E-state index contributed by atoms with van der Waals surface area (Å²) in [5.74, 6) is -0.825. The maximum absolute atomic E-state index is 11.3. The third-order valence-electron chi connectivity index (χ3n) is 3.95. The molecule has 1 N–H and O–H groups in total. The lowest BCUT2D eigenvalue weighted by Gasteiger charge is -2.36. The average Bonchev–Trinajstić information content (AvgIpc) is 2.58. The van der Waals surface area contributed by atoms with E-state index in [1.54, 1.807) is 0 Å². The zero-order valence-corrected chi connectivity index (χ0v) is 9.24. The van der Waals surface area contributed by atoms with Crippen LogP contribution in [0.4, 0.5) is 0 Å². The number of carboxylic acid groups (broad SMARTS) is 1. The van der Waals surface area contributed by atoms with Crippen molar-refractivity contribution < 1.29 is 14.6 Å². The van der Waals surface area contributed by atoms with Crippen LogP contribution < -0.4 is 0 Å². The summed E-state index contributed by atoms with van der Waals surface area (Å²) in [5.41, 5.74) is -0.0138. The molecule has 4 nitrogen and oxygen atoms in total. The first-order valence-corrected chi connectivity index (χ1v) is 5.71. The standard InChI is InChI=1S/C11H19NO3/c1-2-12-7-9(10(13)14)11(8-12)3-5-15-6-4-11/h9H,2-8H2,1H3,(H,13,14)/t9-/m0/s1. The minimum Gasteiger partial charge on any atom is -0.481 e. The Balaban J connectivity index is 2.16. The van der Waals surface area contributed by atoms with Crippen LogP contribution in [0.1, 0.15) is 19.8 Å². The van der Waals surface area contributed by atoms with Gasteiger partial charge in [0.15, 0.2) is 0 Å². The Morgan fingerprint density at radius 3 is 2.73 bits per heavy atom. The van der Waals surface area contributed by atoms with E-state index in [9.17, 15) is 9.90 Å². The lowest BCUT2D eigenvalue weighted by molar-refractivity contribution is -0.146. The summed E-state index contributed by atoms with van der Waals surface area (Å²) in [6.45, 7) is 6.14. The minimum absolute atomic E-state index is 0.0138. The lowest BCUT2D eigenvalue weighted by atomic mass is 9.72. The van der Waals surface area contributed by atoms with Crippen LogP contribution in [-0.4, -0.2) is 48.8 Å². The fraction of sp³-hybridized carbons (Fsp3) is 0.909. The molecule has 0 saturated carbocycles. The Hall–Kier alpha value is -0.610. The topological polar surface area (TPSA) is 49.8 Å². The van der Waals surface area contributed by atoms with E-state index in [0.717, 1.165) is 39.1 Å². The van der Waals surface area contributed by atoms with E-state index < -0.39 is 5.97 Å². The highest BCUT2D eigenvalue weighted by molar-refractivity contribution is 5.72. The summed E-state index contributed by atoms with van der Waals surface area (Å²) in [7, 11) is 0. The molecule has 0 aromatic heterocycles. The highest BCUT2D eigenvalue weighted by Gasteiger charge is 2.50. The number of hydrogen-bond acceptors (Lipinski definition) is 3. The Kier molecular flexibility index (Phi) is 2.98. The minimum atomic E-state index is -0.632. The van der Waals surface area contributed by atoms with Crippen molar-refractivity contribution in [3.8, 4) is 0 Å². The van der Waals surface area contributed by atoms with Crippen LogP contribution in [-0.2, 0) is 9.53 Å². The van der Waals surface area contributed by atoms with E-state index in [1.165, 1.54) is 0 Å². The molecule has 0 bridgehead atoms. The molecule has 4 heteroatoms. The highest BCUT2D eigenvalue weighted by Crippen LogP contribution is 2.44. The largest absolute Gasteiger partial charge is 0.481 e. The second-order valence-electron chi connectivity index (χ2n) is 4.69. The van der Waals surface area contributed by atoms with E-state index in [0.29, 0.717) is 6.54 Å². The van der Waals surface area contributed by atoms with E-state index >= 15 is 0 Å². The molecule has 0 radical (unpaired) electrons. The fourth-order valence-electron chi connectivity index (χ4n) is 2.94. The van der Waals surface area contributed by atoms with Gasteiger partial charge in [-0.2, -0.15) is 0 Å². The van der Waals surface area contributed by atoms with Crippen LogP contribution in [0.25, 0.3) is 0 Å². The van der Waals surface area contributed by atoms with Crippen molar-refractivity contribution in [3.63, 3.8) is 0 Å². The number of nitrogens with zero attached hydrogens (tertiary/aromatic N) is 1. The fourth-order valence-corrected chi connectivity index (χ4v) is 2.94. The normalized spacial score (nSPS) is 30.9. The van der Waals surface area contributed by atoms with E-state index in [1.807, 2.05) is 0 Å². The van der Waals surface area contributed by atoms with Gasteiger partial charge in [0.1, 0.15) is 0 Å². The number of ether oxygens (including phenoxy) is 1. The Bertz CT molecular complexity index is 248. The summed E-state index contributed by atoms with van der Waals surface area (Å²) in [4.78, 5) is 13.5. The van der Waals surface area contributed by atoms with Gasteiger partial charge in [0.2, 0.25) is 0 Å². The number of aliphatic carboxylic acids is 1. The molecule has 2 heterocycles. The van der Waals surface area contributed by atoms with Gasteiger partial charge in [-0.15, -0.1) is 0 Å². The number of carboxylic acids is 1. The number of carbonyl (C=O) groups is 1. The predicted molar refractivity (Wildman–Crippen MR) is 55.7 cm³/mol. The molecule has 0 aromatic carbocycles. The van der Waals surface area contributed by atoms with E-state index in [4.69, 9.17) is 4.74 Å². The molecule has 2 saturated heterocycles. The molecule has 2 fully saturated rings. The lowest BCUT2D eigenvalue weighted by Crippen LogP contribution is -2.40. The van der Waals surface area contributed by atoms with Gasteiger partial charge in [-0.1, -0.05) is 6.92 Å². The molecule has 0 aliphatic carbocycles. The van der Waals surface area contributed by atoms with E-state index in [2.05, 4.69) is 11.8 Å². The summed E-state index contributed by atoms with van der Waals surface area (Å²) < 4.78 is 5.34. The average molecular weight is 213 g/mol. The first kappa shape index (κ1) is 10.9. The number of likely N-dealkylation sites (tertiary alicyclic amines) is 1. The third kappa shape index (κ3) is 1.88. The summed E-state index contributed by atoms with van der Waals surface area (Å²) in [5, 5.41) is 9.28. The van der Waals surface area contributed by atoms with Crippen LogP contribution in [0.5, 0.6) is 0 Å². The zero-order valence-electron chi connectivity index (χ0n) is 9.24. The van der Waals surface area contributed by atoms with Gasteiger partial charge < -0.3 is 14.7 Å². The summed E-state index contributed by atoms with van der Waals surface area (Å²) >= 11 is 0. The molecule has 2 aliphatic heterocycles. The maximum atomic E-state index is 11.3. The Morgan fingerprint density at radius 2 is 2.20 bits per heavy atom. The quantitative estimate of drug-likeness (QED) is 0.738. The summed E-state index contributed by atoms with van der Waals surface area (Å²) in [6, 6.07) is 0. The molecule has 1 atom stereocenters. The van der Waals surface area contributed by atoms with Gasteiger partial charge in [0.05, 0.1) is 5.92 Å². The van der Waals surface area contributed by atoms with Crippen molar-refractivity contribution in [3.05, 3.63) is 0 Å². The summed E-state index contributed by atoms with van der Waals surface area (Å²) in [6.07, 6.45) is 1.81. The molecule has 2 rings (SSSR count). The van der Waals surface area contributed by atoms with Crippen molar-refractivity contribution in [1.82, 2.24) is 4.90 Å². The Labute approximate surface area is 90.2 Å². The van der Waals surface area contributed by atoms with Gasteiger partial charge in [-0.25, -0.2) is 0 Å². The SMILES string of the molecule is CCN1C[C@@H](C(=O)O)C2(CCOCC2)C1. The number of rotatable bonds is 2. The monoisotopic (exact) mass is 213 g/mol. The van der Waals surface area contributed by atoms with Crippen LogP contribution in [0.3, 0.4) is 0 Å². The van der Waals surface area contributed by atoms with E-state index in [-0.39, 0.29) is 11.3 Å². The molecule has 2 aliphatic rings. The number of hydrogen-bond donors (Lipinski definition) is 1. The van der Waals surface area contributed by atoms with Crippen LogP contribution in [0.15, 0.2) is 0 Å². The molecular formula is C11H19NO3. The smallest absolute Gasteiger partial charge is 0.308 e. The molecule has 0 amide bonds. The van der Waals surface area contributed by atoms with Crippen LogP contribution in [0.2, 0.25) is 0 Å². The van der Waals surface area contributed by atoms with Gasteiger partial charge in [0.25, 0.3) is 0 Å². The Morgan fingerprint density at radius 1 is 1.53 bits per heavy atom. The zero-order chi connectivity index (χ0) is 10.9. The van der Waals surface area contributed by atoms with Gasteiger partial charge in [-0.3, -0.25) is 4.79 Å². The van der Waals surface area contributed by atoms with Crippen LogP contribution in [0, 0.1) is 11.3 Å². The van der Waals surface area contributed by atoms with Gasteiger partial charge in [0, 0.05) is 31.7 Å². The second-order valence-corrected chi connectivity index (χ2v) is 4.69. The predicted octanol–water partition coefficient (Wildman–Crippen LogP) is 0.819. The van der Waals surface area contributed by atoms with Crippen molar-refractivity contribution in [2.75, 3.05) is 32.8 Å². The highest BCUT2D eigenvalue weighted by atomic mass is 16.5. The first-order valence-electron chi connectivity index (χ1n) is 5.71. The molecule has 86 valence electrons. The molecule has 1 spiro atoms. The van der Waals surface area contributed by atoms with Gasteiger partial charge in [-0.05, 0) is 19.4 Å². The van der Waals surface area contributed by atoms with Gasteiger partial charge >= 0.3 is 5.97 Å². The maximum Gasteiger partial charge on any atom is 0.308 e. The molecular weight excluding hydrogens is 194 g/mol. The molecule has 15 heavy (non-hydrogen) atoms. The third-order valence-corrected chi connectivity index (χ3v) is 3.95. The van der Waals surface area contributed by atoms with Crippen LogP contribution >= 0.6 is 0 Å². The van der Waals surface area contributed by atoms with Crippen molar-refractivity contribution >= 4 is 5.97 Å². The molecule has 0 unspecified atom stereocenters. The van der Waals surface area contributed by atoms with Crippen molar-refractivity contribution in [1.29, 1.82) is 0 Å². The van der Waals surface area contributed by atoms with Crippen molar-refractivity contribution in [2.24, 2.45) is 11.3 Å². The first-order chi connectivity index (χ1) is 7.18. The van der Waals surface area contributed by atoms with Crippen molar-refractivity contribution in [2.45, 2.75) is 19.8 Å². The second kappa shape index (κ2) is 4.10. The molecule has 0 aromatic rings.